The molecule has 1 aromatic heterocycles. The van der Waals surface area contributed by atoms with Gasteiger partial charge >= 0.3 is 0 Å². The van der Waals surface area contributed by atoms with Gasteiger partial charge in [0.2, 0.25) is 0 Å². The van der Waals surface area contributed by atoms with E-state index in [9.17, 15) is 0 Å². The van der Waals surface area contributed by atoms with Gasteiger partial charge < -0.3 is 14.8 Å². The van der Waals surface area contributed by atoms with Gasteiger partial charge in [-0.1, -0.05) is 12.1 Å². The van der Waals surface area contributed by atoms with Crippen molar-refractivity contribution in [2.24, 2.45) is 0 Å². The average Bonchev–Trinajstić information content (AvgIpc) is 3.06. The lowest BCUT2D eigenvalue weighted by Crippen LogP contribution is -2.33. The average molecular weight is 303 g/mol. The molecule has 0 aliphatic heterocycles. The highest BCUT2D eigenvalue weighted by atomic mass is 16.5. The predicted octanol–water partition coefficient (Wildman–Crippen LogP) is 3.03. The fraction of sp³-hybridized carbons (Fsp3) is 0.471. The molecule has 0 amide bonds. The largest absolute Gasteiger partial charge is 0.493 e. The minimum atomic E-state index is 0.274. The highest BCUT2D eigenvalue weighted by Gasteiger charge is 2.15. The van der Waals surface area contributed by atoms with E-state index in [1.807, 2.05) is 36.0 Å². The molecule has 0 aliphatic carbocycles. The Bertz CT molecular complexity index is 569. The van der Waals surface area contributed by atoms with Gasteiger partial charge in [-0.3, -0.25) is 4.68 Å². The van der Waals surface area contributed by atoms with Gasteiger partial charge in [0.1, 0.15) is 0 Å². The first kappa shape index (κ1) is 16.4. The van der Waals surface area contributed by atoms with Crippen molar-refractivity contribution in [3.8, 4) is 11.5 Å². The summed E-state index contributed by atoms with van der Waals surface area (Å²) in [5.74, 6) is 1.59. The molecule has 1 aromatic carbocycles. The highest BCUT2D eigenvalue weighted by Crippen LogP contribution is 2.31. The number of hydrogen-bond donors (Lipinski definition) is 1. The normalized spacial score (nSPS) is 13.6. The quantitative estimate of drug-likeness (QED) is 0.814. The second kappa shape index (κ2) is 7.84. The molecular formula is C17H25N3O2. The molecule has 0 fully saturated rings. The summed E-state index contributed by atoms with van der Waals surface area (Å²) in [6, 6.07) is 8.47. The zero-order chi connectivity index (χ0) is 15.9. The molecule has 0 aliphatic rings. The molecule has 2 aromatic rings. The monoisotopic (exact) mass is 303 g/mol. The van der Waals surface area contributed by atoms with Gasteiger partial charge in [-0.15, -0.1) is 0 Å². The molecule has 0 spiro atoms. The van der Waals surface area contributed by atoms with Crippen LogP contribution in [0.4, 0.5) is 0 Å². The van der Waals surface area contributed by atoms with E-state index < -0.39 is 0 Å². The van der Waals surface area contributed by atoms with Gasteiger partial charge in [-0.2, -0.15) is 5.10 Å². The van der Waals surface area contributed by atoms with E-state index in [-0.39, 0.29) is 12.1 Å². The SMILES string of the molecule is CCOc1cccc(CN[C@H](C)[C@H](C)n2cccn2)c1OC. The van der Waals surface area contributed by atoms with Crippen molar-refractivity contribution in [2.45, 2.75) is 39.4 Å². The first-order valence-electron chi connectivity index (χ1n) is 7.68. The molecule has 0 saturated carbocycles. The Morgan fingerprint density at radius 1 is 1.27 bits per heavy atom. The summed E-state index contributed by atoms with van der Waals surface area (Å²) in [6.07, 6.45) is 3.79. The van der Waals surface area contributed by atoms with E-state index in [1.54, 1.807) is 13.3 Å². The smallest absolute Gasteiger partial charge is 0.165 e. The molecule has 5 nitrogen and oxygen atoms in total. The number of methoxy groups -OCH3 is 1. The van der Waals surface area contributed by atoms with Gasteiger partial charge in [0.25, 0.3) is 0 Å². The first-order valence-corrected chi connectivity index (χ1v) is 7.68. The maximum Gasteiger partial charge on any atom is 0.165 e. The number of hydrogen-bond acceptors (Lipinski definition) is 4. The number of benzene rings is 1. The fourth-order valence-electron chi connectivity index (χ4n) is 2.39. The van der Waals surface area contributed by atoms with Crippen molar-refractivity contribution in [3.63, 3.8) is 0 Å². The topological polar surface area (TPSA) is 48.3 Å². The van der Waals surface area contributed by atoms with Crippen molar-refractivity contribution in [3.05, 3.63) is 42.2 Å². The summed E-state index contributed by atoms with van der Waals surface area (Å²) in [5, 5.41) is 7.83. The van der Waals surface area contributed by atoms with Crippen molar-refractivity contribution in [1.82, 2.24) is 15.1 Å². The summed E-state index contributed by atoms with van der Waals surface area (Å²) < 4.78 is 13.1. The number of aromatic nitrogens is 2. The number of nitrogens with one attached hydrogen (secondary N) is 1. The Kier molecular flexibility index (Phi) is 5.83. The Hall–Kier alpha value is -2.01. The van der Waals surface area contributed by atoms with Gasteiger partial charge in [0, 0.05) is 30.5 Å². The predicted molar refractivity (Wildman–Crippen MR) is 87.4 cm³/mol. The summed E-state index contributed by atoms with van der Waals surface area (Å²) in [5.41, 5.74) is 1.09. The van der Waals surface area contributed by atoms with Crippen LogP contribution in [0.15, 0.2) is 36.7 Å². The fourth-order valence-corrected chi connectivity index (χ4v) is 2.39. The van der Waals surface area contributed by atoms with Crippen LogP contribution in [-0.2, 0) is 6.54 Å². The second-order valence-corrected chi connectivity index (χ2v) is 5.28. The van der Waals surface area contributed by atoms with Crippen LogP contribution >= 0.6 is 0 Å². The third-order valence-electron chi connectivity index (χ3n) is 3.84. The van der Waals surface area contributed by atoms with Crippen LogP contribution < -0.4 is 14.8 Å². The Morgan fingerprint density at radius 3 is 2.73 bits per heavy atom. The van der Waals surface area contributed by atoms with Gasteiger partial charge in [0.05, 0.1) is 19.8 Å². The first-order chi connectivity index (χ1) is 10.7. The van der Waals surface area contributed by atoms with Crippen LogP contribution in [-0.4, -0.2) is 29.5 Å². The van der Waals surface area contributed by atoms with Crippen molar-refractivity contribution in [2.75, 3.05) is 13.7 Å². The number of nitrogens with zero attached hydrogens (tertiary/aromatic N) is 2. The molecule has 0 bridgehead atoms. The Balaban J connectivity index is 2.03. The lowest BCUT2D eigenvalue weighted by atomic mass is 10.1. The summed E-state index contributed by atoms with van der Waals surface area (Å²) in [6.45, 7) is 7.62. The molecule has 0 radical (unpaired) electrons. The van der Waals surface area contributed by atoms with E-state index in [0.717, 1.165) is 23.6 Å². The minimum absolute atomic E-state index is 0.274. The zero-order valence-electron chi connectivity index (χ0n) is 13.7. The zero-order valence-corrected chi connectivity index (χ0v) is 13.7. The molecular weight excluding hydrogens is 278 g/mol. The van der Waals surface area contributed by atoms with Crippen LogP contribution in [0.1, 0.15) is 32.4 Å². The third kappa shape index (κ3) is 3.80. The van der Waals surface area contributed by atoms with E-state index in [1.165, 1.54) is 0 Å². The maximum absolute atomic E-state index is 5.61. The van der Waals surface area contributed by atoms with Crippen LogP contribution in [0.25, 0.3) is 0 Å². The molecule has 0 unspecified atom stereocenters. The van der Waals surface area contributed by atoms with Crippen LogP contribution in [0.5, 0.6) is 11.5 Å². The van der Waals surface area contributed by atoms with Crippen LogP contribution in [0, 0.1) is 0 Å². The lowest BCUT2D eigenvalue weighted by molar-refractivity contribution is 0.307. The van der Waals surface area contributed by atoms with E-state index in [4.69, 9.17) is 9.47 Å². The number of rotatable bonds is 8. The molecule has 22 heavy (non-hydrogen) atoms. The van der Waals surface area contributed by atoms with E-state index >= 15 is 0 Å². The van der Waals surface area contributed by atoms with Gasteiger partial charge in [-0.25, -0.2) is 0 Å². The van der Waals surface area contributed by atoms with Crippen molar-refractivity contribution < 1.29 is 9.47 Å². The summed E-state index contributed by atoms with van der Waals surface area (Å²) >= 11 is 0. The molecule has 120 valence electrons. The van der Waals surface area contributed by atoms with E-state index in [0.29, 0.717) is 6.61 Å². The second-order valence-electron chi connectivity index (χ2n) is 5.28. The number of para-hydroxylation sites is 1. The Labute approximate surface area is 132 Å². The lowest BCUT2D eigenvalue weighted by Gasteiger charge is -2.22. The minimum Gasteiger partial charge on any atom is -0.493 e. The molecule has 1 heterocycles. The van der Waals surface area contributed by atoms with E-state index in [2.05, 4.69) is 30.3 Å². The number of ether oxygens (including phenoxy) is 2. The van der Waals surface area contributed by atoms with Crippen molar-refractivity contribution in [1.29, 1.82) is 0 Å². The van der Waals surface area contributed by atoms with Crippen molar-refractivity contribution >= 4 is 0 Å². The van der Waals surface area contributed by atoms with Crippen LogP contribution in [0.2, 0.25) is 0 Å². The van der Waals surface area contributed by atoms with Crippen LogP contribution in [0.3, 0.4) is 0 Å². The Morgan fingerprint density at radius 2 is 2.09 bits per heavy atom. The summed E-state index contributed by atoms with van der Waals surface area (Å²) in [4.78, 5) is 0. The summed E-state index contributed by atoms with van der Waals surface area (Å²) in [7, 11) is 1.68. The molecule has 1 N–H and O–H groups in total. The van der Waals surface area contributed by atoms with Gasteiger partial charge in [-0.05, 0) is 32.9 Å². The molecule has 0 saturated heterocycles. The maximum atomic E-state index is 5.61. The third-order valence-corrected chi connectivity index (χ3v) is 3.84. The highest BCUT2D eigenvalue weighted by molar-refractivity contribution is 5.46. The molecule has 5 heteroatoms. The molecule has 2 atom stereocenters. The van der Waals surface area contributed by atoms with Gasteiger partial charge in [0.15, 0.2) is 11.5 Å². The standard InChI is InChI=1S/C17H25N3O2/c1-5-22-16-9-6-8-15(17(16)21-4)12-18-13(2)14(3)20-11-7-10-19-20/h6-11,13-14,18H,5,12H2,1-4H3/t13-,14+/m1/s1. The molecule has 2 rings (SSSR count).